The van der Waals surface area contributed by atoms with Gasteiger partial charge in [-0.25, -0.2) is 0 Å². The number of carbonyl (C=O) groups excluding carboxylic acids is 1. The van der Waals surface area contributed by atoms with Crippen molar-refractivity contribution in [2.45, 2.75) is 19.9 Å². The number of anilines is 1. The Labute approximate surface area is 101 Å². The zero-order valence-electron chi connectivity index (χ0n) is 9.91. The zero-order chi connectivity index (χ0) is 12.1. The highest BCUT2D eigenvalue weighted by atomic mass is 32.2. The molecule has 3 nitrogen and oxygen atoms in total. The SMILES string of the molecule is CSCC(C)NC(=O)c1c(C)cccc1N. The first kappa shape index (κ1) is 12.9. The van der Waals surface area contributed by atoms with Crippen molar-refractivity contribution in [1.82, 2.24) is 5.32 Å². The molecule has 1 atom stereocenters. The molecule has 0 saturated heterocycles. The summed E-state index contributed by atoms with van der Waals surface area (Å²) >= 11 is 1.71. The molecule has 3 N–H and O–H groups in total. The lowest BCUT2D eigenvalue weighted by Gasteiger charge is -2.14. The van der Waals surface area contributed by atoms with Gasteiger partial charge >= 0.3 is 0 Å². The Hall–Kier alpha value is -1.16. The largest absolute Gasteiger partial charge is 0.398 e. The number of nitrogen functional groups attached to an aromatic ring is 1. The van der Waals surface area contributed by atoms with Crippen LogP contribution in [0.15, 0.2) is 18.2 Å². The molecule has 0 aromatic heterocycles. The van der Waals surface area contributed by atoms with Crippen molar-refractivity contribution in [1.29, 1.82) is 0 Å². The van der Waals surface area contributed by atoms with E-state index in [-0.39, 0.29) is 11.9 Å². The van der Waals surface area contributed by atoms with E-state index < -0.39 is 0 Å². The molecule has 1 amide bonds. The summed E-state index contributed by atoms with van der Waals surface area (Å²) in [5.41, 5.74) is 7.85. The molecule has 0 aliphatic heterocycles. The molecule has 1 unspecified atom stereocenters. The number of rotatable bonds is 4. The fourth-order valence-electron chi connectivity index (χ4n) is 1.59. The van der Waals surface area contributed by atoms with Gasteiger partial charge in [0, 0.05) is 17.5 Å². The molecule has 0 heterocycles. The lowest BCUT2D eigenvalue weighted by molar-refractivity contribution is 0.0944. The van der Waals surface area contributed by atoms with Crippen molar-refractivity contribution < 1.29 is 4.79 Å². The van der Waals surface area contributed by atoms with Crippen LogP contribution >= 0.6 is 11.8 Å². The zero-order valence-corrected chi connectivity index (χ0v) is 10.7. The summed E-state index contributed by atoms with van der Waals surface area (Å²) in [5.74, 6) is 0.814. The van der Waals surface area contributed by atoms with Crippen LogP contribution in [0, 0.1) is 6.92 Å². The van der Waals surface area contributed by atoms with Crippen LogP contribution in [-0.2, 0) is 0 Å². The summed E-state index contributed by atoms with van der Waals surface area (Å²) < 4.78 is 0. The Bertz CT molecular complexity index is 359. The summed E-state index contributed by atoms with van der Waals surface area (Å²) in [6.07, 6.45) is 2.02. The van der Waals surface area contributed by atoms with E-state index in [1.54, 1.807) is 17.8 Å². The number of aryl methyl sites for hydroxylation is 1. The predicted molar refractivity (Wildman–Crippen MR) is 70.9 cm³/mol. The average molecular weight is 238 g/mol. The number of nitrogens with one attached hydrogen (secondary N) is 1. The minimum Gasteiger partial charge on any atom is -0.398 e. The Morgan fingerprint density at radius 2 is 2.25 bits per heavy atom. The summed E-state index contributed by atoms with van der Waals surface area (Å²) in [4.78, 5) is 12.0. The van der Waals surface area contributed by atoms with Crippen molar-refractivity contribution in [3.05, 3.63) is 29.3 Å². The summed E-state index contributed by atoms with van der Waals surface area (Å²) in [6, 6.07) is 5.65. The molecule has 0 aliphatic carbocycles. The number of thioether (sulfide) groups is 1. The van der Waals surface area contributed by atoms with Gasteiger partial charge in [-0.15, -0.1) is 0 Å². The lowest BCUT2D eigenvalue weighted by Crippen LogP contribution is -2.35. The van der Waals surface area contributed by atoms with E-state index in [2.05, 4.69) is 5.32 Å². The van der Waals surface area contributed by atoms with Crippen molar-refractivity contribution in [2.24, 2.45) is 0 Å². The second-order valence-electron chi connectivity index (χ2n) is 3.87. The Kier molecular flexibility index (Phi) is 4.68. The van der Waals surface area contributed by atoms with Crippen LogP contribution < -0.4 is 11.1 Å². The highest BCUT2D eigenvalue weighted by Crippen LogP contribution is 2.16. The van der Waals surface area contributed by atoms with Gasteiger partial charge in [0.1, 0.15) is 0 Å². The topological polar surface area (TPSA) is 55.1 Å². The van der Waals surface area contributed by atoms with Crippen LogP contribution in [0.25, 0.3) is 0 Å². The van der Waals surface area contributed by atoms with Gasteiger partial charge in [-0.1, -0.05) is 12.1 Å². The molecule has 1 rings (SSSR count). The van der Waals surface area contributed by atoms with Crippen LogP contribution in [0.1, 0.15) is 22.8 Å². The third-order valence-corrected chi connectivity index (χ3v) is 3.16. The smallest absolute Gasteiger partial charge is 0.253 e. The fourth-order valence-corrected chi connectivity index (χ4v) is 2.17. The Balaban J connectivity index is 2.80. The molecule has 0 bridgehead atoms. The van der Waals surface area contributed by atoms with Crippen molar-refractivity contribution >= 4 is 23.4 Å². The van der Waals surface area contributed by atoms with Gasteiger partial charge in [-0.2, -0.15) is 11.8 Å². The fraction of sp³-hybridized carbons (Fsp3) is 0.417. The average Bonchev–Trinajstić information content (AvgIpc) is 2.17. The summed E-state index contributed by atoms with van der Waals surface area (Å²) in [5, 5.41) is 2.94. The van der Waals surface area contributed by atoms with Gasteiger partial charge < -0.3 is 11.1 Å². The normalized spacial score (nSPS) is 12.2. The first-order valence-corrected chi connectivity index (χ1v) is 6.60. The minimum absolute atomic E-state index is 0.0860. The maximum absolute atomic E-state index is 12.0. The second kappa shape index (κ2) is 5.80. The molecular formula is C12H18N2OS. The number of amides is 1. The Morgan fingerprint density at radius 3 is 2.81 bits per heavy atom. The maximum atomic E-state index is 12.0. The van der Waals surface area contributed by atoms with Gasteiger partial charge in [0.25, 0.3) is 5.91 Å². The van der Waals surface area contributed by atoms with Gasteiger partial charge in [0.2, 0.25) is 0 Å². The van der Waals surface area contributed by atoms with Crippen LogP contribution in [0.3, 0.4) is 0 Å². The number of nitrogens with two attached hydrogens (primary N) is 1. The predicted octanol–water partition coefficient (Wildman–Crippen LogP) is 2.06. The standard InChI is InChI=1S/C12H18N2OS/c1-8-5-4-6-10(13)11(8)12(15)14-9(2)7-16-3/h4-6,9H,7,13H2,1-3H3,(H,14,15). The molecule has 1 aromatic carbocycles. The molecule has 0 saturated carbocycles. The van der Waals surface area contributed by atoms with E-state index in [1.807, 2.05) is 32.2 Å². The number of carbonyl (C=O) groups is 1. The van der Waals surface area contributed by atoms with Gasteiger partial charge in [-0.05, 0) is 31.7 Å². The van der Waals surface area contributed by atoms with Gasteiger partial charge in [0.15, 0.2) is 0 Å². The first-order valence-electron chi connectivity index (χ1n) is 5.21. The molecular weight excluding hydrogens is 220 g/mol. The highest BCUT2D eigenvalue weighted by Gasteiger charge is 2.14. The third-order valence-electron chi connectivity index (χ3n) is 2.33. The van der Waals surface area contributed by atoms with Gasteiger partial charge in [-0.3, -0.25) is 4.79 Å². The van der Waals surface area contributed by atoms with E-state index in [0.717, 1.165) is 11.3 Å². The van der Waals surface area contributed by atoms with Gasteiger partial charge in [0.05, 0.1) is 5.56 Å². The summed E-state index contributed by atoms with van der Waals surface area (Å²) in [6.45, 7) is 3.88. The van der Waals surface area contributed by atoms with Crippen LogP contribution in [0.4, 0.5) is 5.69 Å². The van der Waals surface area contributed by atoms with Crippen molar-refractivity contribution in [3.8, 4) is 0 Å². The van der Waals surface area contributed by atoms with Crippen LogP contribution in [0.5, 0.6) is 0 Å². The molecule has 0 radical (unpaired) electrons. The van der Waals surface area contributed by atoms with Crippen molar-refractivity contribution in [3.63, 3.8) is 0 Å². The molecule has 0 fully saturated rings. The van der Waals surface area contributed by atoms with E-state index >= 15 is 0 Å². The minimum atomic E-state index is -0.0860. The molecule has 0 spiro atoms. The molecule has 1 aromatic rings. The summed E-state index contributed by atoms with van der Waals surface area (Å²) in [7, 11) is 0. The molecule has 16 heavy (non-hydrogen) atoms. The van der Waals surface area contributed by atoms with E-state index in [1.165, 1.54) is 0 Å². The number of hydrogen-bond donors (Lipinski definition) is 2. The third kappa shape index (κ3) is 3.17. The van der Waals surface area contributed by atoms with Crippen LogP contribution in [0.2, 0.25) is 0 Å². The van der Waals surface area contributed by atoms with E-state index in [9.17, 15) is 4.79 Å². The second-order valence-corrected chi connectivity index (χ2v) is 4.78. The number of benzene rings is 1. The monoisotopic (exact) mass is 238 g/mol. The maximum Gasteiger partial charge on any atom is 0.253 e. The van der Waals surface area contributed by atoms with E-state index in [4.69, 9.17) is 5.73 Å². The van der Waals surface area contributed by atoms with Crippen molar-refractivity contribution in [2.75, 3.05) is 17.7 Å². The van der Waals surface area contributed by atoms with Crippen LogP contribution in [-0.4, -0.2) is 24.0 Å². The first-order chi connectivity index (χ1) is 7.56. The molecule has 0 aliphatic rings. The molecule has 88 valence electrons. The van der Waals surface area contributed by atoms with E-state index in [0.29, 0.717) is 11.3 Å². The lowest BCUT2D eigenvalue weighted by atomic mass is 10.1. The molecule has 4 heteroatoms. The Morgan fingerprint density at radius 1 is 1.56 bits per heavy atom. The quantitative estimate of drug-likeness (QED) is 0.789. The number of hydrogen-bond acceptors (Lipinski definition) is 3. The highest BCUT2D eigenvalue weighted by molar-refractivity contribution is 7.98.